The summed E-state index contributed by atoms with van der Waals surface area (Å²) in [5.41, 5.74) is -1.86. The summed E-state index contributed by atoms with van der Waals surface area (Å²) in [7, 11) is 0. The maximum absolute atomic E-state index is 14.7. The van der Waals surface area contributed by atoms with Crippen molar-refractivity contribution < 1.29 is 37.9 Å². The van der Waals surface area contributed by atoms with E-state index in [9.17, 15) is 38.0 Å². The van der Waals surface area contributed by atoms with Crippen molar-refractivity contribution in [3.05, 3.63) is 106 Å². The van der Waals surface area contributed by atoms with Crippen LogP contribution in [-0.4, -0.2) is 68.8 Å². The SMILES string of the molecule is O=C(O)CCc1ccc(N2CCN(C(=O)CC(O)(c3cn(Cc4ccccc4)c4cc([N+](=O)[O-])ccc34)C(F)(F)F)CC2)cc1. The number of aliphatic carboxylic acids is 1. The highest BCUT2D eigenvalue weighted by atomic mass is 19.4. The molecule has 2 heterocycles. The standard InChI is InChI=1S/C32H31F3N4O6/c33-32(34,35)31(43,19-29(40)37-16-14-36(15-17-37)24-9-6-22(7-10-24)8-13-30(41)42)27-21-38(20-23-4-2-1-3-5-23)28-18-25(39(44)45)11-12-26(27)28/h1-7,9-12,18,21,43H,8,13-17,19-20H2,(H,41,42). The highest BCUT2D eigenvalue weighted by Crippen LogP contribution is 2.46. The molecular weight excluding hydrogens is 593 g/mol. The molecule has 236 valence electrons. The van der Waals surface area contributed by atoms with Crippen LogP contribution in [0.3, 0.4) is 0 Å². The van der Waals surface area contributed by atoms with Crippen LogP contribution in [0.15, 0.2) is 79.0 Å². The van der Waals surface area contributed by atoms with Gasteiger partial charge in [0, 0.05) is 74.1 Å². The lowest BCUT2D eigenvalue weighted by atomic mass is 9.88. The maximum atomic E-state index is 14.7. The minimum Gasteiger partial charge on any atom is -0.481 e. The lowest BCUT2D eigenvalue weighted by Gasteiger charge is -2.38. The molecule has 1 fully saturated rings. The third kappa shape index (κ3) is 6.78. The summed E-state index contributed by atoms with van der Waals surface area (Å²) < 4.78 is 45.6. The van der Waals surface area contributed by atoms with Gasteiger partial charge >= 0.3 is 12.1 Å². The van der Waals surface area contributed by atoms with E-state index in [1.807, 2.05) is 29.2 Å². The van der Waals surface area contributed by atoms with Crippen LogP contribution in [0.4, 0.5) is 24.5 Å². The average Bonchev–Trinajstić information content (AvgIpc) is 3.38. The van der Waals surface area contributed by atoms with Gasteiger partial charge in [-0.05, 0) is 35.7 Å². The third-order valence-electron chi connectivity index (χ3n) is 8.16. The number of anilines is 1. The fourth-order valence-electron chi connectivity index (χ4n) is 5.65. The van der Waals surface area contributed by atoms with Crippen LogP contribution in [-0.2, 0) is 28.2 Å². The van der Waals surface area contributed by atoms with E-state index in [1.54, 1.807) is 30.3 Å². The number of nitro benzene ring substituents is 1. The maximum Gasteiger partial charge on any atom is 0.422 e. The Kier molecular flexibility index (Phi) is 8.82. The van der Waals surface area contributed by atoms with E-state index in [2.05, 4.69) is 0 Å². The smallest absolute Gasteiger partial charge is 0.422 e. The zero-order valence-corrected chi connectivity index (χ0v) is 24.1. The van der Waals surface area contributed by atoms with E-state index in [1.165, 1.54) is 15.5 Å². The third-order valence-corrected chi connectivity index (χ3v) is 8.16. The van der Waals surface area contributed by atoms with E-state index in [4.69, 9.17) is 5.11 Å². The zero-order valence-electron chi connectivity index (χ0n) is 24.1. The quantitative estimate of drug-likeness (QED) is 0.186. The van der Waals surface area contributed by atoms with Gasteiger partial charge in [-0.15, -0.1) is 0 Å². The molecular formula is C32H31F3N4O6. The number of amides is 1. The zero-order chi connectivity index (χ0) is 32.4. The van der Waals surface area contributed by atoms with Gasteiger partial charge in [-0.3, -0.25) is 19.7 Å². The van der Waals surface area contributed by atoms with Crippen molar-refractivity contribution in [1.82, 2.24) is 9.47 Å². The molecule has 0 spiro atoms. The fraction of sp³-hybridized carbons (Fsp3) is 0.312. The number of nitro groups is 1. The summed E-state index contributed by atoms with van der Waals surface area (Å²) in [6.07, 6.45) is -4.96. The number of carbonyl (C=O) groups excluding carboxylic acids is 1. The minimum absolute atomic E-state index is 0.0118. The van der Waals surface area contributed by atoms with E-state index >= 15 is 0 Å². The fourth-order valence-corrected chi connectivity index (χ4v) is 5.65. The van der Waals surface area contributed by atoms with Crippen LogP contribution in [0.1, 0.15) is 29.5 Å². The van der Waals surface area contributed by atoms with Crippen molar-refractivity contribution >= 4 is 34.2 Å². The van der Waals surface area contributed by atoms with Crippen LogP contribution < -0.4 is 4.90 Å². The van der Waals surface area contributed by atoms with E-state index in [0.29, 0.717) is 19.5 Å². The Labute approximate surface area is 256 Å². The summed E-state index contributed by atoms with van der Waals surface area (Å²) in [6, 6.07) is 19.6. The first-order valence-electron chi connectivity index (χ1n) is 14.3. The minimum atomic E-state index is -5.24. The Morgan fingerprint density at radius 2 is 1.58 bits per heavy atom. The number of hydrogen-bond acceptors (Lipinski definition) is 6. The van der Waals surface area contributed by atoms with Crippen molar-refractivity contribution in [2.75, 3.05) is 31.1 Å². The summed E-state index contributed by atoms with van der Waals surface area (Å²) >= 11 is 0. The first kappa shape index (κ1) is 31.5. The number of carboxylic acid groups (broad SMARTS) is 1. The Morgan fingerprint density at radius 3 is 2.18 bits per heavy atom. The topological polar surface area (TPSA) is 129 Å². The lowest BCUT2D eigenvalue weighted by Crippen LogP contribution is -2.52. The summed E-state index contributed by atoms with van der Waals surface area (Å²) in [4.78, 5) is 38.2. The van der Waals surface area contributed by atoms with Gasteiger partial charge in [-0.2, -0.15) is 13.2 Å². The average molecular weight is 625 g/mol. The highest BCUT2D eigenvalue weighted by Gasteiger charge is 2.57. The van der Waals surface area contributed by atoms with Crippen LogP contribution in [0.25, 0.3) is 10.9 Å². The predicted molar refractivity (Wildman–Crippen MR) is 160 cm³/mol. The summed E-state index contributed by atoms with van der Waals surface area (Å²) in [6.45, 7) is 1.06. The molecule has 1 aliphatic heterocycles. The second-order valence-electron chi connectivity index (χ2n) is 11.1. The molecule has 10 nitrogen and oxygen atoms in total. The van der Waals surface area contributed by atoms with Gasteiger partial charge in [0.15, 0.2) is 5.60 Å². The number of aryl methyl sites for hydroxylation is 1. The number of piperazine rings is 1. The first-order chi connectivity index (χ1) is 21.4. The number of alkyl halides is 3. The van der Waals surface area contributed by atoms with Gasteiger partial charge in [0.1, 0.15) is 0 Å². The normalized spacial score (nSPS) is 15.2. The Balaban J connectivity index is 1.37. The van der Waals surface area contributed by atoms with Crippen LogP contribution >= 0.6 is 0 Å². The van der Waals surface area contributed by atoms with Gasteiger partial charge in [0.2, 0.25) is 5.91 Å². The molecule has 1 saturated heterocycles. The number of fused-ring (bicyclic) bond motifs is 1. The molecule has 1 aromatic heterocycles. The van der Waals surface area contributed by atoms with Gasteiger partial charge in [-0.1, -0.05) is 42.5 Å². The number of benzene rings is 3. The van der Waals surface area contributed by atoms with Crippen LogP contribution in [0, 0.1) is 10.1 Å². The number of halogens is 3. The molecule has 13 heteroatoms. The Hall–Kier alpha value is -4.91. The van der Waals surface area contributed by atoms with Gasteiger partial charge < -0.3 is 24.6 Å². The van der Waals surface area contributed by atoms with Gasteiger partial charge in [-0.25, -0.2) is 0 Å². The molecule has 5 rings (SSSR count). The summed E-state index contributed by atoms with van der Waals surface area (Å²) in [5, 5.41) is 31.6. The molecule has 0 bridgehead atoms. The molecule has 0 radical (unpaired) electrons. The molecule has 1 aliphatic rings. The number of aromatic nitrogens is 1. The highest BCUT2D eigenvalue weighted by molar-refractivity contribution is 5.88. The molecule has 45 heavy (non-hydrogen) atoms. The molecule has 2 N–H and O–H groups in total. The summed E-state index contributed by atoms with van der Waals surface area (Å²) in [5.74, 6) is -1.76. The molecule has 0 saturated carbocycles. The molecule has 4 aromatic rings. The number of nitrogens with zero attached hydrogens (tertiary/aromatic N) is 4. The second-order valence-corrected chi connectivity index (χ2v) is 11.1. The van der Waals surface area contributed by atoms with Gasteiger partial charge in [0.05, 0.1) is 16.9 Å². The van der Waals surface area contributed by atoms with Crippen molar-refractivity contribution in [2.45, 2.75) is 37.6 Å². The number of non-ortho nitro benzene ring substituents is 1. The number of hydrogen-bond donors (Lipinski definition) is 2. The second kappa shape index (κ2) is 12.6. The predicted octanol–water partition coefficient (Wildman–Crippen LogP) is 5.10. The molecule has 1 unspecified atom stereocenters. The Morgan fingerprint density at radius 1 is 0.911 bits per heavy atom. The number of aliphatic hydroxyl groups is 1. The molecule has 1 atom stereocenters. The van der Waals surface area contributed by atoms with E-state index in [-0.39, 0.29) is 42.6 Å². The molecule has 1 amide bonds. The van der Waals surface area contributed by atoms with Crippen molar-refractivity contribution in [3.63, 3.8) is 0 Å². The lowest BCUT2D eigenvalue weighted by molar-refractivity contribution is -0.384. The number of rotatable bonds is 10. The Bertz CT molecular complexity index is 1700. The first-order valence-corrected chi connectivity index (χ1v) is 14.3. The van der Waals surface area contributed by atoms with Crippen LogP contribution in [0.5, 0.6) is 0 Å². The number of carboxylic acids is 1. The van der Waals surface area contributed by atoms with E-state index in [0.717, 1.165) is 35.1 Å². The van der Waals surface area contributed by atoms with Gasteiger partial charge in [0.25, 0.3) is 5.69 Å². The largest absolute Gasteiger partial charge is 0.481 e. The van der Waals surface area contributed by atoms with Crippen LogP contribution in [0.2, 0.25) is 0 Å². The molecule has 0 aliphatic carbocycles. The molecule has 3 aromatic carbocycles. The van der Waals surface area contributed by atoms with Crippen molar-refractivity contribution in [1.29, 1.82) is 0 Å². The van der Waals surface area contributed by atoms with Crippen molar-refractivity contribution in [2.24, 2.45) is 0 Å². The monoisotopic (exact) mass is 624 g/mol. The van der Waals surface area contributed by atoms with Crippen molar-refractivity contribution in [3.8, 4) is 0 Å². The number of carbonyl (C=O) groups is 2. The van der Waals surface area contributed by atoms with E-state index < -0.39 is 40.6 Å².